The molecule has 0 aromatic heterocycles. The van der Waals surface area contributed by atoms with Crippen LogP contribution >= 0.6 is 0 Å². The van der Waals surface area contributed by atoms with Gasteiger partial charge >= 0.3 is 0 Å². The van der Waals surface area contributed by atoms with Gasteiger partial charge in [0, 0.05) is 12.1 Å². The topological polar surface area (TPSA) is 72.2 Å². The Labute approximate surface area is 117 Å². The third kappa shape index (κ3) is 3.07. The summed E-state index contributed by atoms with van der Waals surface area (Å²) in [5, 5.41) is 0. The molecule has 0 saturated heterocycles. The number of sulfonamides is 1. The molecule has 2 aromatic rings. The van der Waals surface area contributed by atoms with Crippen LogP contribution in [-0.4, -0.2) is 8.42 Å². The zero-order valence-corrected chi connectivity index (χ0v) is 11.0. The lowest BCUT2D eigenvalue weighted by molar-refractivity contribution is 0.498. The Morgan fingerprint density at radius 2 is 1.48 bits per heavy atom. The van der Waals surface area contributed by atoms with E-state index in [4.69, 9.17) is 5.73 Å². The molecule has 0 radical (unpaired) electrons. The summed E-state index contributed by atoms with van der Waals surface area (Å²) in [6, 6.07) is 3.30. The molecule has 2 rings (SSSR count). The Kier molecular flexibility index (Phi) is 3.77. The SMILES string of the molecule is Nc1cc(NS(=O)(=O)c2c(F)cc(F)cc2F)ccc1F. The molecule has 2 aromatic carbocycles. The van der Waals surface area contributed by atoms with E-state index in [9.17, 15) is 26.0 Å². The van der Waals surface area contributed by atoms with Crippen molar-refractivity contribution < 1.29 is 26.0 Å². The van der Waals surface area contributed by atoms with Crippen molar-refractivity contribution in [2.24, 2.45) is 0 Å². The van der Waals surface area contributed by atoms with Gasteiger partial charge in [-0.3, -0.25) is 4.72 Å². The van der Waals surface area contributed by atoms with Crippen LogP contribution in [0.4, 0.5) is 28.9 Å². The summed E-state index contributed by atoms with van der Waals surface area (Å²) < 4.78 is 78.3. The van der Waals surface area contributed by atoms with Crippen molar-refractivity contribution in [2.45, 2.75) is 4.90 Å². The highest BCUT2D eigenvalue weighted by Crippen LogP contribution is 2.24. The minimum absolute atomic E-state index is 0.197. The Morgan fingerprint density at radius 3 is 2.00 bits per heavy atom. The number of halogens is 4. The molecule has 112 valence electrons. The number of hydrogen-bond donors (Lipinski definition) is 2. The number of hydrogen-bond acceptors (Lipinski definition) is 3. The number of anilines is 2. The summed E-state index contributed by atoms with van der Waals surface area (Å²) in [6.45, 7) is 0. The minimum atomic E-state index is -4.67. The van der Waals surface area contributed by atoms with Crippen molar-refractivity contribution in [3.05, 3.63) is 53.6 Å². The Balaban J connectivity index is 2.46. The number of nitrogen functional groups attached to an aromatic ring is 1. The first-order valence-corrected chi connectivity index (χ1v) is 6.91. The summed E-state index contributed by atoms with van der Waals surface area (Å²) in [4.78, 5) is -1.34. The van der Waals surface area contributed by atoms with Gasteiger partial charge in [-0.1, -0.05) is 0 Å². The predicted octanol–water partition coefficient (Wildman–Crippen LogP) is 2.63. The highest BCUT2D eigenvalue weighted by molar-refractivity contribution is 7.92. The molecule has 0 saturated carbocycles. The second-order valence-corrected chi connectivity index (χ2v) is 5.66. The second-order valence-electron chi connectivity index (χ2n) is 4.04. The zero-order chi connectivity index (χ0) is 15.8. The van der Waals surface area contributed by atoms with Gasteiger partial charge in [-0.05, 0) is 18.2 Å². The third-order valence-electron chi connectivity index (χ3n) is 2.48. The first-order chi connectivity index (χ1) is 9.70. The van der Waals surface area contributed by atoms with Crippen LogP contribution in [0.5, 0.6) is 0 Å². The molecule has 0 aliphatic rings. The maximum absolute atomic E-state index is 13.5. The van der Waals surface area contributed by atoms with E-state index in [2.05, 4.69) is 0 Å². The Hall–Kier alpha value is -2.29. The number of rotatable bonds is 3. The molecule has 0 amide bonds. The van der Waals surface area contributed by atoms with Crippen LogP contribution in [0.1, 0.15) is 0 Å². The molecule has 4 nitrogen and oxygen atoms in total. The molecule has 9 heteroatoms. The van der Waals surface area contributed by atoms with Crippen molar-refractivity contribution in [2.75, 3.05) is 10.5 Å². The predicted molar refractivity (Wildman–Crippen MR) is 67.9 cm³/mol. The van der Waals surface area contributed by atoms with Crippen LogP contribution in [0, 0.1) is 23.3 Å². The second kappa shape index (κ2) is 5.24. The first kappa shape index (κ1) is 15.1. The van der Waals surface area contributed by atoms with Crippen LogP contribution < -0.4 is 10.5 Å². The van der Waals surface area contributed by atoms with Crippen LogP contribution in [-0.2, 0) is 10.0 Å². The van der Waals surface area contributed by atoms with Gasteiger partial charge in [-0.2, -0.15) is 0 Å². The van der Waals surface area contributed by atoms with E-state index in [1.165, 1.54) is 0 Å². The maximum Gasteiger partial charge on any atom is 0.267 e. The molecule has 3 N–H and O–H groups in total. The van der Waals surface area contributed by atoms with E-state index in [0.717, 1.165) is 18.2 Å². The molecule has 0 spiro atoms. The minimum Gasteiger partial charge on any atom is -0.396 e. The van der Waals surface area contributed by atoms with Crippen molar-refractivity contribution >= 4 is 21.4 Å². The Morgan fingerprint density at radius 1 is 0.905 bits per heavy atom. The summed E-state index contributed by atoms with van der Waals surface area (Å²) in [5.74, 6) is -5.21. The van der Waals surface area contributed by atoms with Gasteiger partial charge in [-0.25, -0.2) is 26.0 Å². The Bertz CT molecular complexity index is 786. The average Bonchev–Trinajstić information content (AvgIpc) is 2.31. The largest absolute Gasteiger partial charge is 0.396 e. The fraction of sp³-hybridized carbons (Fsp3) is 0. The summed E-state index contributed by atoms with van der Waals surface area (Å²) in [5.41, 5.74) is 4.70. The summed E-state index contributed by atoms with van der Waals surface area (Å²) in [6.07, 6.45) is 0. The lowest BCUT2D eigenvalue weighted by Crippen LogP contribution is -2.17. The molecular weight excluding hydrogens is 312 g/mol. The van der Waals surface area contributed by atoms with Crippen molar-refractivity contribution in [3.8, 4) is 0 Å². The van der Waals surface area contributed by atoms with Gasteiger partial charge in [0.2, 0.25) is 0 Å². The van der Waals surface area contributed by atoms with Gasteiger partial charge < -0.3 is 5.73 Å². The monoisotopic (exact) mass is 320 g/mol. The molecule has 21 heavy (non-hydrogen) atoms. The van der Waals surface area contributed by atoms with Crippen molar-refractivity contribution in [3.63, 3.8) is 0 Å². The normalized spacial score (nSPS) is 11.4. The van der Waals surface area contributed by atoms with E-state index < -0.39 is 38.2 Å². The van der Waals surface area contributed by atoms with Gasteiger partial charge in [0.15, 0.2) is 4.90 Å². The average molecular weight is 320 g/mol. The first-order valence-electron chi connectivity index (χ1n) is 5.43. The van der Waals surface area contributed by atoms with E-state index in [-0.39, 0.29) is 23.5 Å². The molecule has 0 atom stereocenters. The van der Waals surface area contributed by atoms with Crippen LogP contribution in [0.15, 0.2) is 35.2 Å². The van der Waals surface area contributed by atoms with E-state index in [0.29, 0.717) is 0 Å². The van der Waals surface area contributed by atoms with Crippen LogP contribution in [0.2, 0.25) is 0 Å². The number of nitrogens with two attached hydrogens (primary N) is 1. The highest BCUT2D eigenvalue weighted by Gasteiger charge is 2.25. The van der Waals surface area contributed by atoms with Crippen LogP contribution in [0.3, 0.4) is 0 Å². The fourth-order valence-corrected chi connectivity index (χ4v) is 2.77. The van der Waals surface area contributed by atoms with Gasteiger partial charge in [0.25, 0.3) is 10.0 Å². The van der Waals surface area contributed by atoms with Crippen LogP contribution in [0.25, 0.3) is 0 Å². The molecule has 0 unspecified atom stereocenters. The summed E-state index contributed by atoms with van der Waals surface area (Å²) >= 11 is 0. The van der Waals surface area contributed by atoms with E-state index in [1.54, 1.807) is 0 Å². The third-order valence-corrected chi connectivity index (χ3v) is 3.91. The standard InChI is InChI=1S/C12H8F4N2O2S/c13-6-3-9(15)12(10(16)4-6)21(19,20)18-7-1-2-8(14)11(17)5-7/h1-5,18H,17H2. The molecular formula is C12H8F4N2O2S. The molecule has 0 bridgehead atoms. The van der Waals surface area contributed by atoms with Gasteiger partial charge in [0.05, 0.1) is 11.4 Å². The van der Waals surface area contributed by atoms with Gasteiger partial charge in [0.1, 0.15) is 23.3 Å². The lowest BCUT2D eigenvalue weighted by Gasteiger charge is -2.10. The lowest BCUT2D eigenvalue weighted by atomic mass is 10.3. The number of nitrogens with one attached hydrogen (secondary N) is 1. The molecule has 0 aliphatic heterocycles. The van der Waals surface area contributed by atoms with Gasteiger partial charge in [-0.15, -0.1) is 0 Å². The smallest absolute Gasteiger partial charge is 0.267 e. The fourth-order valence-electron chi connectivity index (χ4n) is 1.60. The van der Waals surface area contributed by atoms with Crippen molar-refractivity contribution in [1.82, 2.24) is 0 Å². The zero-order valence-electron chi connectivity index (χ0n) is 10.2. The van der Waals surface area contributed by atoms with E-state index >= 15 is 0 Å². The quantitative estimate of drug-likeness (QED) is 0.674. The molecule has 0 aliphatic carbocycles. The maximum atomic E-state index is 13.5. The summed E-state index contributed by atoms with van der Waals surface area (Å²) in [7, 11) is -4.67. The molecule has 0 fully saturated rings. The highest BCUT2D eigenvalue weighted by atomic mass is 32.2. The number of benzene rings is 2. The molecule has 0 heterocycles. The van der Waals surface area contributed by atoms with Crippen molar-refractivity contribution in [1.29, 1.82) is 0 Å². The van der Waals surface area contributed by atoms with E-state index in [1.807, 2.05) is 4.72 Å².